The third-order valence-electron chi connectivity index (χ3n) is 4.90. The summed E-state index contributed by atoms with van der Waals surface area (Å²) >= 11 is 6.24. The summed E-state index contributed by atoms with van der Waals surface area (Å²) in [6.07, 6.45) is 0.673. The number of nitrogens with one attached hydrogen (secondary N) is 1. The molecule has 6 heteroatoms. The molecule has 0 bridgehead atoms. The number of amides is 1. The predicted molar refractivity (Wildman–Crippen MR) is 118 cm³/mol. The summed E-state index contributed by atoms with van der Waals surface area (Å²) in [7, 11) is 0. The molecule has 0 radical (unpaired) electrons. The number of hydrogen-bond acceptors (Lipinski definition) is 3. The van der Waals surface area contributed by atoms with Gasteiger partial charge < -0.3 is 14.6 Å². The number of rotatable bonds is 8. The highest BCUT2D eigenvalue weighted by Gasteiger charge is 2.12. The van der Waals surface area contributed by atoms with E-state index in [0.29, 0.717) is 26.1 Å². The minimum absolute atomic E-state index is 0.0199. The Morgan fingerprint density at radius 1 is 1.21 bits per heavy atom. The second-order valence-electron chi connectivity index (χ2n) is 7.58. The molecule has 1 heterocycles. The second kappa shape index (κ2) is 9.31. The SMILES string of the molecule is Cc1cc(OCCn2c(CCNC(=O)C(C)C)nc3ccccc32)cc(C)c1Cl. The number of imidazole rings is 1. The van der Waals surface area contributed by atoms with E-state index in [0.717, 1.165) is 38.8 Å². The van der Waals surface area contributed by atoms with Crippen molar-refractivity contribution < 1.29 is 9.53 Å². The molecular weight excluding hydrogens is 386 g/mol. The van der Waals surface area contributed by atoms with Gasteiger partial charge in [0.05, 0.1) is 17.6 Å². The van der Waals surface area contributed by atoms with Gasteiger partial charge in [0.1, 0.15) is 18.2 Å². The number of benzene rings is 2. The highest BCUT2D eigenvalue weighted by Crippen LogP contribution is 2.26. The summed E-state index contributed by atoms with van der Waals surface area (Å²) in [5, 5.41) is 3.75. The van der Waals surface area contributed by atoms with Crippen LogP contribution in [-0.2, 0) is 17.8 Å². The topological polar surface area (TPSA) is 56.1 Å². The first-order chi connectivity index (χ1) is 13.9. The minimum atomic E-state index is -0.0199. The molecule has 0 aliphatic carbocycles. The Morgan fingerprint density at radius 2 is 1.90 bits per heavy atom. The lowest BCUT2D eigenvalue weighted by Crippen LogP contribution is -2.30. The number of nitrogens with zero attached hydrogens (tertiary/aromatic N) is 2. The van der Waals surface area contributed by atoms with E-state index in [1.165, 1.54) is 0 Å². The lowest BCUT2D eigenvalue weighted by molar-refractivity contribution is -0.123. The Balaban J connectivity index is 1.71. The molecule has 0 aliphatic rings. The molecule has 29 heavy (non-hydrogen) atoms. The summed E-state index contributed by atoms with van der Waals surface area (Å²) in [5.74, 6) is 1.81. The van der Waals surface area contributed by atoms with E-state index in [-0.39, 0.29) is 11.8 Å². The molecule has 1 aromatic heterocycles. The molecule has 5 nitrogen and oxygen atoms in total. The fourth-order valence-corrected chi connectivity index (χ4v) is 3.42. The third kappa shape index (κ3) is 5.10. The van der Waals surface area contributed by atoms with Crippen molar-refractivity contribution in [2.24, 2.45) is 5.92 Å². The zero-order valence-electron chi connectivity index (χ0n) is 17.5. The maximum atomic E-state index is 11.8. The molecule has 0 saturated heterocycles. The molecule has 3 rings (SSSR count). The van der Waals surface area contributed by atoms with Crippen LogP contribution in [-0.4, -0.2) is 28.6 Å². The van der Waals surface area contributed by atoms with Crippen LogP contribution >= 0.6 is 11.6 Å². The zero-order valence-corrected chi connectivity index (χ0v) is 18.2. The summed E-state index contributed by atoms with van der Waals surface area (Å²) in [6, 6.07) is 12.0. The number of carbonyl (C=O) groups is 1. The van der Waals surface area contributed by atoms with Crippen molar-refractivity contribution in [3.05, 3.63) is 58.4 Å². The monoisotopic (exact) mass is 413 g/mol. The minimum Gasteiger partial charge on any atom is -0.492 e. The molecule has 0 atom stereocenters. The normalized spacial score (nSPS) is 11.2. The third-order valence-corrected chi connectivity index (χ3v) is 5.50. The fourth-order valence-electron chi connectivity index (χ4n) is 3.31. The van der Waals surface area contributed by atoms with Gasteiger partial charge in [-0.1, -0.05) is 37.6 Å². The number of ether oxygens (including phenoxy) is 1. The van der Waals surface area contributed by atoms with E-state index in [9.17, 15) is 4.79 Å². The van der Waals surface area contributed by atoms with E-state index < -0.39 is 0 Å². The van der Waals surface area contributed by atoms with Gasteiger partial charge in [-0.2, -0.15) is 0 Å². The van der Waals surface area contributed by atoms with Crippen molar-refractivity contribution >= 4 is 28.5 Å². The molecule has 0 fully saturated rings. The summed E-state index contributed by atoms with van der Waals surface area (Å²) in [6.45, 7) is 9.51. The number of hydrogen-bond donors (Lipinski definition) is 1. The van der Waals surface area contributed by atoms with Gasteiger partial charge in [0.25, 0.3) is 0 Å². The smallest absolute Gasteiger partial charge is 0.222 e. The van der Waals surface area contributed by atoms with Crippen molar-refractivity contribution in [2.75, 3.05) is 13.2 Å². The van der Waals surface area contributed by atoms with Crippen LogP contribution in [0.15, 0.2) is 36.4 Å². The van der Waals surface area contributed by atoms with E-state index in [2.05, 4.69) is 16.0 Å². The van der Waals surface area contributed by atoms with Crippen LogP contribution in [0.5, 0.6) is 5.75 Å². The number of halogens is 1. The van der Waals surface area contributed by atoms with Crippen LogP contribution in [0.4, 0.5) is 0 Å². The Bertz CT molecular complexity index is 988. The van der Waals surface area contributed by atoms with Crippen molar-refractivity contribution in [3.8, 4) is 5.75 Å². The van der Waals surface area contributed by atoms with Gasteiger partial charge in [-0.15, -0.1) is 0 Å². The molecule has 0 spiro atoms. The standard InChI is InChI=1S/C23H28ClN3O2/c1-15(2)23(28)25-10-9-21-26-19-7-5-6-8-20(19)27(21)11-12-29-18-13-16(3)22(24)17(4)14-18/h5-8,13-15H,9-12H2,1-4H3,(H,25,28). The Hall–Kier alpha value is -2.53. The molecule has 154 valence electrons. The molecule has 0 unspecified atom stereocenters. The van der Waals surface area contributed by atoms with Gasteiger partial charge in [-0.25, -0.2) is 4.98 Å². The van der Waals surface area contributed by atoms with Crippen LogP contribution in [0.1, 0.15) is 30.8 Å². The van der Waals surface area contributed by atoms with E-state index in [1.807, 2.05) is 58.0 Å². The summed E-state index contributed by atoms with van der Waals surface area (Å²) < 4.78 is 8.17. The van der Waals surface area contributed by atoms with Crippen LogP contribution < -0.4 is 10.1 Å². The number of fused-ring (bicyclic) bond motifs is 1. The van der Waals surface area contributed by atoms with Gasteiger partial charge in [-0.05, 0) is 49.2 Å². The number of aromatic nitrogens is 2. The predicted octanol–water partition coefficient (Wildman–Crippen LogP) is 4.70. The maximum absolute atomic E-state index is 11.8. The van der Waals surface area contributed by atoms with E-state index in [1.54, 1.807) is 0 Å². The van der Waals surface area contributed by atoms with Gasteiger partial charge in [-0.3, -0.25) is 4.79 Å². The van der Waals surface area contributed by atoms with Crippen LogP contribution in [0.2, 0.25) is 5.02 Å². The molecule has 3 aromatic rings. The molecule has 2 aromatic carbocycles. The Labute approximate surface area is 177 Å². The van der Waals surface area contributed by atoms with E-state index in [4.69, 9.17) is 21.3 Å². The average molecular weight is 414 g/mol. The first kappa shape index (κ1) is 21.2. The molecule has 0 saturated carbocycles. The van der Waals surface area contributed by atoms with Crippen molar-refractivity contribution in [1.29, 1.82) is 0 Å². The van der Waals surface area contributed by atoms with Crippen molar-refractivity contribution in [3.63, 3.8) is 0 Å². The highest BCUT2D eigenvalue weighted by atomic mass is 35.5. The first-order valence-corrected chi connectivity index (χ1v) is 10.4. The average Bonchev–Trinajstić information content (AvgIpc) is 3.03. The Kier molecular flexibility index (Phi) is 6.80. The van der Waals surface area contributed by atoms with Gasteiger partial charge >= 0.3 is 0 Å². The first-order valence-electron chi connectivity index (χ1n) is 9.98. The molecular formula is C23H28ClN3O2. The fraction of sp³-hybridized carbons (Fsp3) is 0.391. The maximum Gasteiger partial charge on any atom is 0.222 e. The summed E-state index contributed by atoms with van der Waals surface area (Å²) in [5.41, 5.74) is 4.05. The number of para-hydroxylation sites is 2. The quantitative estimate of drug-likeness (QED) is 0.582. The van der Waals surface area contributed by atoms with Crippen LogP contribution in [0.25, 0.3) is 11.0 Å². The Morgan fingerprint density at radius 3 is 2.59 bits per heavy atom. The zero-order chi connectivity index (χ0) is 21.0. The number of carbonyl (C=O) groups excluding carboxylic acids is 1. The van der Waals surface area contributed by atoms with Gasteiger partial charge in [0, 0.05) is 23.9 Å². The lowest BCUT2D eigenvalue weighted by atomic mass is 10.1. The lowest BCUT2D eigenvalue weighted by Gasteiger charge is -2.13. The van der Waals surface area contributed by atoms with Gasteiger partial charge in [0.15, 0.2) is 0 Å². The van der Waals surface area contributed by atoms with Crippen LogP contribution in [0.3, 0.4) is 0 Å². The number of aryl methyl sites for hydroxylation is 2. The highest BCUT2D eigenvalue weighted by molar-refractivity contribution is 6.32. The van der Waals surface area contributed by atoms with E-state index >= 15 is 0 Å². The summed E-state index contributed by atoms with van der Waals surface area (Å²) in [4.78, 5) is 16.6. The largest absolute Gasteiger partial charge is 0.492 e. The van der Waals surface area contributed by atoms with Gasteiger partial charge in [0.2, 0.25) is 5.91 Å². The second-order valence-corrected chi connectivity index (χ2v) is 7.96. The molecule has 0 aliphatic heterocycles. The van der Waals surface area contributed by atoms with Crippen molar-refractivity contribution in [2.45, 2.75) is 40.7 Å². The van der Waals surface area contributed by atoms with Crippen molar-refractivity contribution in [1.82, 2.24) is 14.9 Å². The molecule has 1 N–H and O–H groups in total. The van der Waals surface area contributed by atoms with Crippen LogP contribution in [0, 0.1) is 19.8 Å². The molecule has 1 amide bonds.